The number of nitrogens with zero attached hydrogens (tertiary/aromatic N) is 3. The fourth-order valence-corrected chi connectivity index (χ4v) is 4.73. The van der Waals surface area contributed by atoms with Crippen LogP contribution in [0.5, 0.6) is 0 Å². The number of halogens is 4. The zero-order valence-corrected chi connectivity index (χ0v) is 19.7. The Morgan fingerprint density at radius 2 is 1.86 bits per heavy atom. The Hall–Kier alpha value is -3.43. The quantitative estimate of drug-likeness (QED) is 0.493. The summed E-state index contributed by atoms with van der Waals surface area (Å²) in [6, 6.07) is 6.44. The maximum atomic E-state index is 15.7. The molecular weight excluding hydrogens is 464 g/mol. The lowest BCUT2D eigenvalue weighted by atomic mass is 9.91. The fraction of sp³-hybridized carbons (Fsp3) is 0.400. The Morgan fingerprint density at radius 1 is 1.17 bits per heavy atom. The normalized spacial score (nSPS) is 16.5. The SMILES string of the molecule is Cc1cc(-c2c(F)cc(N3CCCC(C(F)(F)F)C3)cc2Cc2c(C(N)=O)noc2C)cc(C)n1. The Bertz CT molecular complexity index is 1250. The molecule has 3 aromatic rings. The third kappa shape index (κ3) is 5.16. The van der Waals surface area contributed by atoms with Gasteiger partial charge in [0.1, 0.15) is 11.6 Å². The number of benzene rings is 1. The average molecular weight is 491 g/mol. The molecule has 1 atom stereocenters. The predicted octanol–water partition coefficient (Wildman–Crippen LogP) is 5.27. The highest BCUT2D eigenvalue weighted by molar-refractivity contribution is 5.92. The molecular formula is C25H26F4N4O2. The number of primary amides is 1. The van der Waals surface area contributed by atoms with Crippen molar-refractivity contribution in [2.75, 3.05) is 18.0 Å². The first kappa shape index (κ1) is 24.7. The Balaban J connectivity index is 1.85. The zero-order valence-electron chi connectivity index (χ0n) is 19.7. The number of alkyl halides is 3. The molecule has 0 saturated carbocycles. The number of amides is 1. The van der Waals surface area contributed by atoms with Gasteiger partial charge >= 0.3 is 6.18 Å². The molecule has 1 fully saturated rings. The lowest BCUT2D eigenvalue weighted by molar-refractivity contribution is -0.175. The maximum absolute atomic E-state index is 15.7. The molecule has 0 radical (unpaired) electrons. The molecule has 0 bridgehead atoms. The van der Waals surface area contributed by atoms with Gasteiger partial charge in [-0.3, -0.25) is 9.78 Å². The van der Waals surface area contributed by atoms with Crippen molar-refractivity contribution < 1.29 is 26.9 Å². The number of nitrogens with two attached hydrogens (primary N) is 1. The molecule has 35 heavy (non-hydrogen) atoms. The van der Waals surface area contributed by atoms with Gasteiger partial charge in [-0.05, 0) is 69.0 Å². The summed E-state index contributed by atoms with van der Waals surface area (Å²) in [5, 5.41) is 3.73. The van der Waals surface area contributed by atoms with E-state index in [2.05, 4.69) is 10.1 Å². The minimum atomic E-state index is -4.32. The molecule has 1 saturated heterocycles. The van der Waals surface area contributed by atoms with E-state index in [1.165, 1.54) is 6.07 Å². The number of aryl methyl sites for hydroxylation is 3. The second kappa shape index (κ2) is 9.31. The van der Waals surface area contributed by atoms with Crippen LogP contribution in [0.2, 0.25) is 0 Å². The van der Waals surface area contributed by atoms with Crippen molar-refractivity contribution >= 4 is 11.6 Å². The van der Waals surface area contributed by atoms with Crippen LogP contribution in [0, 0.1) is 32.5 Å². The minimum Gasteiger partial charge on any atom is -0.371 e. The van der Waals surface area contributed by atoms with Crippen molar-refractivity contribution in [3.05, 3.63) is 64.1 Å². The zero-order chi connectivity index (χ0) is 25.5. The molecule has 1 amide bonds. The summed E-state index contributed by atoms with van der Waals surface area (Å²) in [5.74, 6) is -2.48. The highest BCUT2D eigenvalue weighted by Crippen LogP contribution is 2.38. The molecule has 6 nitrogen and oxygen atoms in total. The van der Waals surface area contributed by atoms with E-state index in [0.717, 1.165) is 0 Å². The van der Waals surface area contributed by atoms with Gasteiger partial charge in [0.15, 0.2) is 5.69 Å². The number of hydrogen-bond acceptors (Lipinski definition) is 5. The summed E-state index contributed by atoms with van der Waals surface area (Å²) in [6.07, 6.45) is -3.86. The van der Waals surface area contributed by atoms with Crippen LogP contribution in [0.25, 0.3) is 11.1 Å². The molecule has 1 aliphatic heterocycles. The van der Waals surface area contributed by atoms with Crippen LogP contribution in [0.4, 0.5) is 23.2 Å². The van der Waals surface area contributed by atoms with Gasteiger partial charge in [-0.25, -0.2) is 4.39 Å². The summed E-state index contributed by atoms with van der Waals surface area (Å²) >= 11 is 0. The molecule has 186 valence electrons. The first-order valence-electron chi connectivity index (χ1n) is 11.3. The number of hydrogen-bond donors (Lipinski definition) is 1. The molecule has 10 heteroatoms. The Kier molecular flexibility index (Phi) is 6.57. The Labute approximate surface area is 200 Å². The number of carbonyl (C=O) groups excluding carboxylic acids is 1. The number of anilines is 1. The van der Waals surface area contributed by atoms with Gasteiger partial charge in [0, 0.05) is 47.7 Å². The van der Waals surface area contributed by atoms with Crippen molar-refractivity contribution in [2.45, 2.75) is 46.2 Å². The number of carbonyl (C=O) groups is 1. The van der Waals surface area contributed by atoms with E-state index in [9.17, 15) is 18.0 Å². The van der Waals surface area contributed by atoms with Gasteiger partial charge < -0.3 is 15.2 Å². The van der Waals surface area contributed by atoms with Crippen LogP contribution in [-0.4, -0.2) is 35.3 Å². The molecule has 1 aromatic carbocycles. The van der Waals surface area contributed by atoms with Gasteiger partial charge in [0.2, 0.25) is 0 Å². The maximum Gasteiger partial charge on any atom is 0.393 e. The number of aromatic nitrogens is 2. The lowest BCUT2D eigenvalue weighted by Gasteiger charge is -2.35. The third-order valence-corrected chi connectivity index (χ3v) is 6.36. The molecule has 3 heterocycles. The number of rotatable bonds is 5. The van der Waals surface area contributed by atoms with E-state index < -0.39 is 23.8 Å². The minimum absolute atomic E-state index is 0.0465. The number of piperidine rings is 1. The van der Waals surface area contributed by atoms with Crippen LogP contribution in [-0.2, 0) is 6.42 Å². The lowest BCUT2D eigenvalue weighted by Crippen LogP contribution is -2.41. The van der Waals surface area contributed by atoms with E-state index in [-0.39, 0.29) is 30.6 Å². The summed E-state index contributed by atoms with van der Waals surface area (Å²) in [7, 11) is 0. The molecule has 0 aliphatic carbocycles. The molecule has 2 N–H and O–H groups in total. The number of pyridine rings is 1. The van der Waals surface area contributed by atoms with Crippen LogP contribution in [0.1, 0.15) is 51.6 Å². The van der Waals surface area contributed by atoms with Gasteiger partial charge in [0.25, 0.3) is 5.91 Å². The fourth-order valence-electron chi connectivity index (χ4n) is 4.73. The second-order valence-electron chi connectivity index (χ2n) is 9.03. The predicted molar refractivity (Wildman–Crippen MR) is 123 cm³/mol. The van der Waals surface area contributed by atoms with Gasteiger partial charge in [-0.2, -0.15) is 13.2 Å². The van der Waals surface area contributed by atoms with Gasteiger partial charge in [0.05, 0.1) is 5.92 Å². The highest BCUT2D eigenvalue weighted by Gasteiger charge is 2.42. The smallest absolute Gasteiger partial charge is 0.371 e. The van der Waals surface area contributed by atoms with E-state index in [0.29, 0.717) is 52.5 Å². The summed E-state index contributed by atoms with van der Waals surface area (Å²) in [4.78, 5) is 17.8. The molecule has 1 unspecified atom stereocenters. The first-order chi connectivity index (χ1) is 16.4. The van der Waals surface area contributed by atoms with E-state index in [1.54, 1.807) is 43.9 Å². The van der Waals surface area contributed by atoms with Crippen LogP contribution in [0.15, 0.2) is 28.8 Å². The molecule has 0 spiro atoms. The monoisotopic (exact) mass is 490 g/mol. The van der Waals surface area contributed by atoms with E-state index in [4.69, 9.17) is 10.3 Å². The third-order valence-electron chi connectivity index (χ3n) is 6.36. The topological polar surface area (TPSA) is 85.2 Å². The Morgan fingerprint density at radius 3 is 2.49 bits per heavy atom. The van der Waals surface area contributed by atoms with Crippen molar-refractivity contribution in [1.29, 1.82) is 0 Å². The molecule has 2 aromatic heterocycles. The van der Waals surface area contributed by atoms with E-state index >= 15 is 4.39 Å². The molecule has 1 aliphatic rings. The largest absolute Gasteiger partial charge is 0.393 e. The standard InChI is InChI=1S/C25H26F4N4O2/c1-13-7-16(8-14(2)31-13)22-17(10-20-15(3)35-32-23(20)24(30)34)9-19(11-21(22)26)33-6-4-5-18(12-33)25(27,28)29/h7-9,11,18H,4-6,10,12H2,1-3H3,(H2,30,34). The summed E-state index contributed by atoms with van der Waals surface area (Å²) < 4.78 is 61.1. The van der Waals surface area contributed by atoms with Crippen LogP contribution >= 0.6 is 0 Å². The van der Waals surface area contributed by atoms with Crippen LogP contribution < -0.4 is 10.6 Å². The summed E-state index contributed by atoms with van der Waals surface area (Å²) in [5.41, 5.74) is 8.87. The second-order valence-corrected chi connectivity index (χ2v) is 9.03. The average Bonchev–Trinajstić information content (AvgIpc) is 3.12. The van der Waals surface area contributed by atoms with Crippen molar-refractivity contribution in [3.8, 4) is 11.1 Å². The van der Waals surface area contributed by atoms with Crippen molar-refractivity contribution in [2.24, 2.45) is 11.7 Å². The van der Waals surface area contributed by atoms with Crippen molar-refractivity contribution in [3.63, 3.8) is 0 Å². The molecule has 4 rings (SSSR count). The van der Waals surface area contributed by atoms with Gasteiger partial charge in [-0.15, -0.1) is 0 Å². The van der Waals surface area contributed by atoms with Crippen molar-refractivity contribution in [1.82, 2.24) is 10.1 Å². The first-order valence-corrected chi connectivity index (χ1v) is 11.3. The summed E-state index contributed by atoms with van der Waals surface area (Å²) in [6.45, 7) is 5.35. The van der Waals surface area contributed by atoms with Gasteiger partial charge in [-0.1, -0.05) is 5.16 Å². The highest BCUT2D eigenvalue weighted by atomic mass is 19.4. The van der Waals surface area contributed by atoms with Crippen LogP contribution in [0.3, 0.4) is 0 Å². The van der Waals surface area contributed by atoms with E-state index in [1.807, 2.05) is 0 Å².